The van der Waals surface area contributed by atoms with Gasteiger partial charge >= 0.3 is 5.97 Å². The van der Waals surface area contributed by atoms with Crippen LogP contribution >= 0.6 is 0 Å². The van der Waals surface area contributed by atoms with Crippen molar-refractivity contribution in [3.8, 4) is 11.5 Å². The number of anilines is 3. The van der Waals surface area contributed by atoms with Crippen molar-refractivity contribution >= 4 is 34.8 Å². The van der Waals surface area contributed by atoms with E-state index in [1.807, 2.05) is 25.1 Å². The molecule has 5 N–H and O–H groups in total. The zero-order valence-electron chi connectivity index (χ0n) is 21.7. The number of carboxylic acids is 1. The summed E-state index contributed by atoms with van der Waals surface area (Å²) in [5, 5.41) is 21.3. The molecular formula is C25H35N7O5. The first kappa shape index (κ1) is 27.7. The molecule has 200 valence electrons. The minimum atomic E-state index is -0.814. The molecule has 2 heterocycles. The topological polar surface area (TPSA) is 150 Å². The molecule has 0 atom stereocenters. The predicted octanol–water partition coefficient (Wildman–Crippen LogP) is 2.22. The Balaban J connectivity index is 1.83. The average molecular weight is 514 g/mol. The third kappa shape index (κ3) is 7.30. The van der Waals surface area contributed by atoms with E-state index in [2.05, 4.69) is 31.2 Å². The van der Waals surface area contributed by atoms with Crippen molar-refractivity contribution in [1.29, 1.82) is 0 Å². The Labute approximate surface area is 216 Å². The van der Waals surface area contributed by atoms with Gasteiger partial charge in [-0.3, -0.25) is 9.59 Å². The van der Waals surface area contributed by atoms with Crippen LogP contribution in [-0.2, 0) is 16.1 Å². The van der Waals surface area contributed by atoms with Gasteiger partial charge in [-0.2, -0.15) is 0 Å². The van der Waals surface area contributed by atoms with Gasteiger partial charge in [-0.05, 0) is 46.1 Å². The number of aromatic nitrogens is 2. The van der Waals surface area contributed by atoms with E-state index < -0.39 is 5.97 Å². The average Bonchev–Trinajstić information content (AvgIpc) is 3.20. The summed E-state index contributed by atoms with van der Waals surface area (Å²) in [6.07, 6.45) is 4.60. The Morgan fingerprint density at radius 2 is 2.00 bits per heavy atom. The summed E-state index contributed by atoms with van der Waals surface area (Å²) in [4.78, 5) is 34.2. The van der Waals surface area contributed by atoms with Crippen molar-refractivity contribution in [2.75, 3.05) is 63.9 Å². The summed E-state index contributed by atoms with van der Waals surface area (Å²) in [5.74, 6) is 1.08. The largest absolute Gasteiger partial charge is 0.493 e. The highest BCUT2D eigenvalue weighted by Crippen LogP contribution is 2.37. The molecule has 0 aliphatic carbocycles. The Morgan fingerprint density at radius 1 is 1.19 bits per heavy atom. The summed E-state index contributed by atoms with van der Waals surface area (Å²) in [6.45, 7) is 2.68. The number of hydrogen-bond acceptors (Lipinski definition) is 10. The molecule has 0 saturated heterocycles. The van der Waals surface area contributed by atoms with Gasteiger partial charge in [-0.25, -0.2) is 9.97 Å². The van der Waals surface area contributed by atoms with E-state index in [1.54, 1.807) is 26.5 Å². The van der Waals surface area contributed by atoms with E-state index in [0.29, 0.717) is 66.0 Å². The molecule has 0 bridgehead atoms. The summed E-state index contributed by atoms with van der Waals surface area (Å²) >= 11 is 0. The molecule has 0 spiro atoms. The number of fused-ring (bicyclic) bond motifs is 1. The minimum Gasteiger partial charge on any atom is -0.493 e. The summed E-state index contributed by atoms with van der Waals surface area (Å²) in [6, 6.07) is 3.70. The zero-order valence-corrected chi connectivity index (χ0v) is 21.7. The highest BCUT2D eigenvalue weighted by Gasteiger charge is 2.29. The van der Waals surface area contributed by atoms with Crippen LogP contribution in [0.15, 0.2) is 24.7 Å². The van der Waals surface area contributed by atoms with E-state index in [9.17, 15) is 9.59 Å². The van der Waals surface area contributed by atoms with Gasteiger partial charge in [0, 0.05) is 43.0 Å². The molecule has 3 rings (SSSR count). The summed E-state index contributed by atoms with van der Waals surface area (Å²) in [5.41, 5.74) is 2.57. The second kappa shape index (κ2) is 13.4. The monoisotopic (exact) mass is 513 g/mol. The van der Waals surface area contributed by atoms with Crippen LogP contribution in [0.4, 0.5) is 17.3 Å². The van der Waals surface area contributed by atoms with E-state index in [-0.39, 0.29) is 12.3 Å². The maximum absolute atomic E-state index is 12.7. The second-order valence-corrected chi connectivity index (χ2v) is 8.59. The molecule has 0 radical (unpaired) electrons. The molecule has 1 aliphatic heterocycles. The van der Waals surface area contributed by atoms with Gasteiger partial charge in [0.25, 0.3) is 5.91 Å². The first-order valence-electron chi connectivity index (χ1n) is 12.0. The summed E-state index contributed by atoms with van der Waals surface area (Å²) in [7, 11) is 6.95. The fourth-order valence-corrected chi connectivity index (χ4v) is 4.04. The van der Waals surface area contributed by atoms with Crippen LogP contribution in [0.2, 0.25) is 0 Å². The maximum Gasteiger partial charge on any atom is 0.303 e. The van der Waals surface area contributed by atoms with Crippen molar-refractivity contribution in [3.05, 3.63) is 35.8 Å². The van der Waals surface area contributed by atoms with Gasteiger partial charge in [0.2, 0.25) is 0 Å². The van der Waals surface area contributed by atoms with Gasteiger partial charge in [-0.15, -0.1) is 0 Å². The third-order valence-corrected chi connectivity index (χ3v) is 5.80. The van der Waals surface area contributed by atoms with E-state index in [4.69, 9.17) is 14.6 Å². The molecule has 12 heteroatoms. The lowest BCUT2D eigenvalue weighted by molar-refractivity contribution is -0.137. The number of carbonyl (C=O) groups excluding carboxylic acids is 1. The number of nitrogens with zero attached hydrogens (tertiary/aromatic N) is 3. The molecule has 2 aromatic rings. The number of amides is 1. The number of ether oxygens (including phenoxy) is 2. The molecular weight excluding hydrogens is 478 g/mol. The van der Waals surface area contributed by atoms with Crippen molar-refractivity contribution in [2.45, 2.75) is 25.8 Å². The number of hydrogen-bond donors (Lipinski definition) is 5. The SMILES string of the molecule is CNCCCNc1ncnc2c1/C(=C/Nc1cc(CN(C)CCCC(=O)O)c(OC)c(OC)c1)C(=O)N2. The van der Waals surface area contributed by atoms with Crippen LogP contribution < -0.4 is 30.7 Å². The molecule has 0 saturated carbocycles. The zero-order chi connectivity index (χ0) is 26.8. The molecule has 0 unspecified atom stereocenters. The summed E-state index contributed by atoms with van der Waals surface area (Å²) < 4.78 is 11.1. The standard InChI is InChI=1S/C25H35N7O5/c1-26-8-6-9-27-23-21-18(25(35)31-24(21)30-15-29-23)13-28-17-11-16(22(37-4)19(12-17)36-3)14-32(2)10-5-7-20(33)34/h11-13,15,26,28H,5-10,14H2,1-4H3,(H,33,34)(H2,27,29,30,31,35)/b18-13-. The number of aliphatic carboxylic acids is 1. The number of carbonyl (C=O) groups is 2. The first-order valence-corrected chi connectivity index (χ1v) is 12.0. The fraction of sp³-hybridized carbons (Fsp3) is 0.440. The quantitative estimate of drug-likeness (QED) is 0.176. The van der Waals surface area contributed by atoms with Crippen LogP contribution in [0.3, 0.4) is 0 Å². The molecule has 1 aromatic heterocycles. The molecule has 12 nitrogen and oxygen atoms in total. The van der Waals surface area contributed by atoms with Crippen molar-refractivity contribution in [3.63, 3.8) is 0 Å². The van der Waals surface area contributed by atoms with Crippen molar-refractivity contribution < 1.29 is 24.2 Å². The normalized spacial score (nSPS) is 13.4. The Bertz CT molecular complexity index is 1140. The lowest BCUT2D eigenvalue weighted by Crippen LogP contribution is -2.20. The number of methoxy groups -OCH3 is 2. The number of rotatable bonds is 15. The van der Waals surface area contributed by atoms with Gasteiger partial charge in [-0.1, -0.05) is 0 Å². The van der Waals surface area contributed by atoms with E-state index in [1.165, 1.54) is 6.33 Å². The molecule has 1 aliphatic rings. The van der Waals surface area contributed by atoms with Crippen LogP contribution in [0.5, 0.6) is 11.5 Å². The lowest BCUT2D eigenvalue weighted by Gasteiger charge is -2.20. The van der Waals surface area contributed by atoms with Gasteiger partial charge in [0.05, 0.1) is 25.4 Å². The van der Waals surface area contributed by atoms with Crippen molar-refractivity contribution in [1.82, 2.24) is 20.2 Å². The Morgan fingerprint density at radius 3 is 2.70 bits per heavy atom. The number of nitrogens with one attached hydrogen (secondary N) is 4. The Hall–Kier alpha value is -3.90. The highest BCUT2D eigenvalue weighted by molar-refractivity contribution is 6.32. The van der Waals surface area contributed by atoms with Gasteiger partial charge < -0.3 is 40.7 Å². The van der Waals surface area contributed by atoms with E-state index >= 15 is 0 Å². The van der Waals surface area contributed by atoms with Crippen LogP contribution in [-0.4, -0.2) is 79.8 Å². The second-order valence-electron chi connectivity index (χ2n) is 8.59. The van der Waals surface area contributed by atoms with Gasteiger partial charge in [0.1, 0.15) is 18.0 Å². The molecule has 1 amide bonds. The van der Waals surface area contributed by atoms with E-state index in [0.717, 1.165) is 18.5 Å². The minimum absolute atomic E-state index is 0.111. The lowest BCUT2D eigenvalue weighted by atomic mass is 10.1. The molecule has 37 heavy (non-hydrogen) atoms. The molecule has 1 aromatic carbocycles. The smallest absolute Gasteiger partial charge is 0.303 e. The van der Waals surface area contributed by atoms with Gasteiger partial charge in [0.15, 0.2) is 11.5 Å². The van der Waals surface area contributed by atoms with Crippen LogP contribution in [0, 0.1) is 0 Å². The van der Waals surface area contributed by atoms with Crippen LogP contribution in [0.1, 0.15) is 30.4 Å². The third-order valence-electron chi connectivity index (χ3n) is 5.80. The predicted molar refractivity (Wildman–Crippen MR) is 142 cm³/mol. The Kier molecular flexibility index (Phi) is 10.0. The van der Waals surface area contributed by atoms with Crippen LogP contribution in [0.25, 0.3) is 5.57 Å². The fourth-order valence-electron chi connectivity index (χ4n) is 4.04. The highest BCUT2D eigenvalue weighted by atomic mass is 16.5. The van der Waals surface area contributed by atoms with Crippen molar-refractivity contribution in [2.24, 2.45) is 0 Å². The molecule has 0 fully saturated rings. The number of carboxylic acid groups (broad SMARTS) is 1. The first-order chi connectivity index (χ1) is 17.9. The number of benzene rings is 1. The maximum atomic E-state index is 12.7.